The van der Waals surface area contributed by atoms with E-state index in [9.17, 15) is 4.79 Å². The van der Waals surface area contributed by atoms with Gasteiger partial charge in [-0.3, -0.25) is 9.78 Å². The number of likely N-dealkylation sites (tertiary alicyclic amines) is 1. The molecule has 0 atom stereocenters. The number of piperidine rings is 1. The topological polar surface area (TPSA) is 45.2 Å². The molecular weight excluding hydrogens is 381 g/mol. The van der Waals surface area contributed by atoms with E-state index in [4.69, 9.17) is 0 Å². The molecule has 2 aliphatic rings. The van der Waals surface area contributed by atoms with Gasteiger partial charge in [0.1, 0.15) is 0 Å². The summed E-state index contributed by atoms with van der Waals surface area (Å²) in [5.74, 6) is 0.113. The molecule has 0 bridgehead atoms. The summed E-state index contributed by atoms with van der Waals surface area (Å²) < 4.78 is 0. The van der Waals surface area contributed by atoms with Gasteiger partial charge in [-0.05, 0) is 49.8 Å². The van der Waals surface area contributed by atoms with Gasteiger partial charge in [0.25, 0.3) is 5.91 Å². The molecule has 146 valence electrons. The fourth-order valence-electron chi connectivity index (χ4n) is 4.05. The van der Waals surface area contributed by atoms with Gasteiger partial charge in [0.05, 0.1) is 5.56 Å². The second-order valence-corrected chi connectivity index (χ2v) is 7.55. The van der Waals surface area contributed by atoms with E-state index in [1.54, 1.807) is 6.20 Å². The highest BCUT2D eigenvalue weighted by Crippen LogP contribution is 2.37. The summed E-state index contributed by atoms with van der Waals surface area (Å²) in [4.78, 5) is 19.2. The molecule has 2 aliphatic heterocycles. The molecule has 0 saturated carbocycles. The van der Waals surface area contributed by atoms with Crippen molar-refractivity contribution in [3.8, 4) is 11.1 Å². The van der Waals surface area contributed by atoms with E-state index < -0.39 is 0 Å². The highest BCUT2D eigenvalue weighted by Gasteiger charge is 2.38. The minimum Gasteiger partial charge on any atom is -0.339 e. The minimum absolute atomic E-state index is 0. The molecule has 4 nitrogen and oxygen atoms in total. The fraction of sp³-hybridized carbons (Fsp3) is 0.429. The van der Waals surface area contributed by atoms with E-state index in [0.29, 0.717) is 11.0 Å². The number of aromatic nitrogens is 1. The third-order valence-electron chi connectivity index (χ3n) is 5.81. The maximum absolute atomic E-state index is 12.9. The summed E-state index contributed by atoms with van der Waals surface area (Å²) in [5, 5.41) is 3.47. The van der Waals surface area contributed by atoms with Gasteiger partial charge in [-0.2, -0.15) is 0 Å². The van der Waals surface area contributed by atoms with E-state index in [0.717, 1.165) is 50.1 Å². The summed E-state index contributed by atoms with van der Waals surface area (Å²) in [6.07, 6.45) is 6.99. The van der Waals surface area contributed by atoms with Crippen LogP contribution in [-0.4, -0.2) is 42.0 Å². The summed E-state index contributed by atoms with van der Waals surface area (Å²) in [6.45, 7) is 6.02. The molecule has 4 rings (SSSR count). The normalized spacial score (nSPS) is 17.9. The molecule has 27 heavy (non-hydrogen) atoms. The predicted molar refractivity (Wildman–Crippen MR) is 114 cm³/mol. The number of aryl methyl sites for hydroxylation is 1. The first-order valence-corrected chi connectivity index (χ1v) is 9.17. The van der Waals surface area contributed by atoms with Crippen LogP contribution in [0.2, 0.25) is 0 Å². The number of halogens is 2. The lowest BCUT2D eigenvalue weighted by molar-refractivity contribution is 0.0607. The average Bonchev–Trinajstić information content (AvgIpc) is 3.10. The molecule has 2 fully saturated rings. The van der Waals surface area contributed by atoms with E-state index in [2.05, 4.69) is 41.5 Å². The van der Waals surface area contributed by atoms with Gasteiger partial charge in [-0.15, -0.1) is 24.8 Å². The number of pyridine rings is 1. The van der Waals surface area contributed by atoms with Gasteiger partial charge in [0, 0.05) is 37.6 Å². The number of carbonyl (C=O) groups is 1. The zero-order valence-electron chi connectivity index (χ0n) is 15.6. The number of carbonyl (C=O) groups excluding carboxylic acids is 1. The Morgan fingerprint density at radius 2 is 1.74 bits per heavy atom. The van der Waals surface area contributed by atoms with Crippen molar-refractivity contribution in [2.45, 2.75) is 26.2 Å². The second kappa shape index (κ2) is 9.05. The monoisotopic (exact) mass is 407 g/mol. The molecule has 1 aromatic heterocycles. The number of rotatable bonds is 2. The molecule has 1 aromatic carbocycles. The molecule has 0 radical (unpaired) electrons. The standard InChI is InChI=1S/C21H25N3O.2ClH/c1-16-2-4-17(5-3-16)18-12-19(14-23-13-18)20(25)24-10-7-21(8-11-24)6-9-22-15-21;;/h2-5,12-14,22H,6-11,15H2,1H3;2*1H. The van der Waals surface area contributed by atoms with Gasteiger partial charge in [0.2, 0.25) is 0 Å². The van der Waals surface area contributed by atoms with Crippen LogP contribution in [0.15, 0.2) is 42.7 Å². The third kappa shape index (κ3) is 4.63. The maximum atomic E-state index is 12.9. The molecule has 2 saturated heterocycles. The molecule has 2 aromatic rings. The number of nitrogens with one attached hydrogen (secondary N) is 1. The Bertz CT molecular complexity index is 763. The zero-order valence-corrected chi connectivity index (χ0v) is 17.2. The lowest BCUT2D eigenvalue weighted by Crippen LogP contribution is -2.44. The molecule has 0 unspecified atom stereocenters. The van der Waals surface area contributed by atoms with Gasteiger partial charge in [-0.1, -0.05) is 29.8 Å². The fourth-order valence-corrected chi connectivity index (χ4v) is 4.05. The Kier molecular flexibility index (Phi) is 7.26. The summed E-state index contributed by atoms with van der Waals surface area (Å²) >= 11 is 0. The van der Waals surface area contributed by atoms with E-state index >= 15 is 0 Å². The maximum Gasteiger partial charge on any atom is 0.255 e. The number of nitrogens with zero attached hydrogens (tertiary/aromatic N) is 2. The van der Waals surface area contributed by atoms with Gasteiger partial charge >= 0.3 is 0 Å². The van der Waals surface area contributed by atoms with Crippen LogP contribution < -0.4 is 5.32 Å². The Morgan fingerprint density at radius 1 is 1.04 bits per heavy atom. The van der Waals surface area contributed by atoms with Crippen molar-refractivity contribution >= 4 is 30.7 Å². The number of amides is 1. The van der Waals surface area contributed by atoms with E-state index in [-0.39, 0.29) is 30.7 Å². The Labute approximate surface area is 173 Å². The van der Waals surface area contributed by atoms with Crippen molar-refractivity contribution in [3.05, 3.63) is 53.9 Å². The van der Waals surface area contributed by atoms with Crippen molar-refractivity contribution in [2.24, 2.45) is 5.41 Å². The first kappa shape index (κ1) is 21.7. The summed E-state index contributed by atoms with van der Waals surface area (Å²) in [5.41, 5.74) is 4.45. The molecule has 1 spiro atoms. The molecular formula is C21H27Cl2N3O. The summed E-state index contributed by atoms with van der Waals surface area (Å²) in [6, 6.07) is 10.3. The van der Waals surface area contributed by atoms with Crippen LogP contribution in [0.25, 0.3) is 11.1 Å². The van der Waals surface area contributed by atoms with Crippen molar-refractivity contribution in [3.63, 3.8) is 0 Å². The number of hydrogen-bond donors (Lipinski definition) is 1. The van der Waals surface area contributed by atoms with E-state index in [1.807, 2.05) is 17.2 Å². The third-order valence-corrected chi connectivity index (χ3v) is 5.81. The quantitative estimate of drug-likeness (QED) is 0.813. The largest absolute Gasteiger partial charge is 0.339 e. The lowest BCUT2D eigenvalue weighted by Gasteiger charge is -2.38. The highest BCUT2D eigenvalue weighted by atomic mass is 35.5. The van der Waals surface area contributed by atoms with Gasteiger partial charge in [0.15, 0.2) is 0 Å². The number of hydrogen-bond acceptors (Lipinski definition) is 3. The Morgan fingerprint density at radius 3 is 2.37 bits per heavy atom. The van der Waals surface area contributed by atoms with Crippen molar-refractivity contribution < 1.29 is 4.79 Å². The van der Waals surface area contributed by atoms with Crippen LogP contribution in [0, 0.1) is 12.3 Å². The Hall–Kier alpha value is -1.62. The molecule has 1 amide bonds. The number of benzene rings is 1. The van der Waals surface area contributed by atoms with Gasteiger partial charge < -0.3 is 10.2 Å². The molecule has 1 N–H and O–H groups in total. The molecule has 0 aliphatic carbocycles. The van der Waals surface area contributed by atoms with Crippen LogP contribution in [0.4, 0.5) is 0 Å². The molecule has 3 heterocycles. The zero-order chi connectivity index (χ0) is 17.3. The lowest BCUT2D eigenvalue weighted by atomic mass is 9.78. The van der Waals surface area contributed by atoms with Crippen LogP contribution in [0.5, 0.6) is 0 Å². The van der Waals surface area contributed by atoms with Gasteiger partial charge in [-0.25, -0.2) is 0 Å². The van der Waals surface area contributed by atoms with Crippen LogP contribution in [0.1, 0.15) is 35.2 Å². The first-order valence-electron chi connectivity index (χ1n) is 9.17. The molecule has 6 heteroatoms. The predicted octanol–water partition coefficient (Wildman–Crippen LogP) is 4.12. The van der Waals surface area contributed by atoms with Crippen molar-refractivity contribution in [1.82, 2.24) is 15.2 Å². The van der Waals surface area contributed by atoms with E-state index in [1.165, 1.54) is 12.0 Å². The van der Waals surface area contributed by atoms with Crippen LogP contribution in [-0.2, 0) is 0 Å². The van der Waals surface area contributed by atoms with Crippen LogP contribution in [0.3, 0.4) is 0 Å². The highest BCUT2D eigenvalue weighted by molar-refractivity contribution is 5.95. The van der Waals surface area contributed by atoms with Crippen molar-refractivity contribution in [2.75, 3.05) is 26.2 Å². The average molecular weight is 408 g/mol. The van der Waals surface area contributed by atoms with Crippen molar-refractivity contribution in [1.29, 1.82) is 0 Å². The SMILES string of the molecule is Cc1ccc(-c2cncc(C(=O)N3CCC4(CCNC4)CC3)c2)cc1.Cl.Cl. The second-order valence-electron chi connectivity index (χ2n) is 7.55. The first-order chi connectivity index (χ1) is 12.2. The van der Waals surface area contributed by atoms with Crippen LogP contribution >= 0.6 is 24.8 Å². The summed E-state index contributed by atoms with van der Waals surface area (Å²) in [7, 11) is 0. The smallest absolute Gasteiger partial charge is 0.255 e. The Balaban J connectivity index is 0.00000131. The minimum atomic E-state index is 0.